The molecule has 6 aromatic carbocycles. The largest absolute Gasteiger partial charge is 0.374 e. The lowest BCUT2D eigenvalue weighted by atomic mass is 9.92. The number of fused-ring (bicyclic) bond motifs is 1. The second-order valence-corrected chi connectivity index (χ2v) is 16.4. The first-order chi connectivity index (χ1) is 28.4. The van der Waals surface area contributed by atoms with Crippen molar-refractivity contribution in [3.05, 3.63) is 209 Å². The van der Waals surface area contributed by atoms with Gasteiger partial charge in [-0.1, -0.05) is 157 Å². The summed E-state index contributed by atoms with van der Waals surface area (Å²) in [6.07, 6.45) is -3.86. The number of nitrogens with zero attached hydrogens (tertiary/aromatic N) is 1. The van der Waals surface area contributed by atoms with Crippen LogP contribution in [0, 0.1) is 6.92 Å². The molecule has 0 spiro atoms. The van der Waals surface area contributed by atoms with Gasteiger partial charge in [0.05, 0.1) is 49.1 Å². The summed E-state index contributed by atoms with van der Waals surface area (Å²) in [6, 6.07) is 56.1. The van der Waals surface area contributed by atoms with Crippen LogP contribution in [0.3, 0.4) is 0 Å². The lowest BCUT2D eigenvalue weighted by Gasteiger charge is -2.46. The number of hydrogen-bond acceptors (Lipinski definition) is 7. The van der Waals surface area contributed by atoms with Crippen LogP contribution in [-0.4, -0.2) is 43.4 Å². The third kappa shape index (κ3) is 9.16. The number of ether oxygens (including phenoxy) is 5. The molecule has 9 heteroatoms. The second kappa shape index (κ2) is 18.5. The summed E-state index contributed by atoms with van der Waals surface area (Å²) in [6.45, 7) is 3.20. The molecule has 8 rings (SSSR count). The zero-order chi connectivity index (χ0) is 39.7. The van der Waals surface area contributed by atoms with Crippen molar-refractivity contribution in [1.82, 2.24) is 3.97 Å². The molecule has 0 unspecified atom stereocenters. The van der Waals surface area contributed by atoms with E-state index in [4.69, 9.17) is 23.7 Å². The highest BCUT2D eigenvalue weighted by molar-refractivity contribution is 7.90. The predicted octanol–water partition coefficient (Wildman–Crippen LogP) is 9.60. The fourth-order valence-electron chi connectivity index (χ4n) is 7.46. The summed E-state index contributed by atoms with van der Waals surface area (Å²) in [7, 11) is -4.13. The summed E-state index contributed by atoms with van der Waals surface area (Å²) in [5.74, 6) is 0. The average molecular weight is 794 g/mol. The van der Waals surface area contributed by atoms with Gasteiger partial charge in [-0.25, -0.2) is 12.4 Å². The van der Waals surface area contributed by atoms with Crippen molar-refractivity contribution in [3.63, 3.8) is 0 Å². The molecule has 2 heterocycles. The molecule has 1 aromatic heterocycles. The molecule has 1 aliphatic heterocycles. The minimum atomic E-state index is -4.13. The first-order valence-electron chi connectivity index (χ1n) is 19.6. The number of rotatable bonds is 16. The number of benzene rings is 6. The maximum Gasteiger partial charge on any atom is 0.268 e. The molecule has 296 valence electrons. The van der Waals surface area contributed by atoms with Crippen LogP contribution in [-0.2, 0) is 60.1 Å². The Hall–Kier alpha value is -5.39. The first kappa shape index (κ1) is 39.4. The van der Waals surface area contributed by atoms with Crippen LogP contribution in [0.25, 0.3) is 10.9 Å². The van der Waals surface area contributed by atoms with Crippen molar-refractivity contribution in [2.24, 2.45) is 0 Å². The van der Waals surface area contributed by atoms with Crippen LogP contribution >= 0.6 is 0 Å². The van der Waals surface area contributed by atoms with Gasteiger partial charge in [-0.2, -0.15) is 0 Å². The van der Waals surface area contributed by atoms with Crippen LogP contribution in [0.15, 0.2) is 181 Å². The van der Waals surface area contributed by atoms with Crippen LogP contribution in [0.4, 0.5) is 0 Å². The Morgan fingerprint density at radius 3 is 1.55 bits per heavy atom. The molecule has 8 nitrogen and oxygen atoms in total. The van der Waals surface area contributed by atoms with E-state index in [1.54, 1.807) is 12.1 Å². The van der Waals surface area contributed by atoms with Crippen LogP contribution in [0.1, 0.15) is 39.6 Å². The van der Waals surface area contributed by atoms with Gasteiger partial charge in [0.2, 0.25) is 0 Å². The van der Waals surface area contributed by atoms with Gasteiger partial charge in [0.1, 0.15) is 30.5 Å². The third-order valence-electron chi connectivity index (χ3n) is 10.4. The molecule has 5 atom stereocenters. The molecule has 0 bridgehead atoms. The van der Waals surface area contributed by atoms with Gasteiger partial charge in [0.15, 0.2) is 0 Å². The quantitative estimate of drug-likeness (QED) is 0.0964. The van der Waals surface area contributed by atoms with Crippen molar-refractivity contribution >= 4 is 20.9 Å². The van der Waals surface area contributed by atoms with E-state index in [0.717, 1.165) is 33.2 Å². The molecule has 7 aromatic rings. The molecule has 0 N–H and O–H groups in total. The van der Waals surface area contributed by atoms with Crippen LogP contribution < -0.4 is 0 Å². The molecule has 1 saturated heterocycles. The zero-order valence-electron chi connectivity index (χ0n) is 32.4. The molecular formula is C49H47NO7S. The first-order valence-corrected chi connectivity index (χ1v) is 21.0. The van der Waals surface area contributed by atoms with Crippen molar-refractivity contribution < 1.29 is 32.1 Å². The molecule has 0 saturated carbocycles. The van der Waals surface area contributed by atoms with E-state index in [0.29, 0.717) is 17.8 Å². The van der Waals surface area contributed by atoms with Gasteiger partial charge in [0.25, 0.3) is 10.0 Å². The summed E-state index contributed by atoms with van der Waals surface area (Å²) in [4.78, 5) is 0.168. The Bertz CT molecular complexity index is 2460. The Balaban J connectivity index is 1.26. The summed E-state index contributed by atoms with van der Waals surface area (Å²) < 4.78 is 65.5. The second-order valence-electron chi connectivity index (χ2n) is 14.6. The number of aromatic nitrogens is 1. The van der Waals surface area contributed by atoms with Gasteiger partial charge >= 0.3 is 0 Å². The maximum absolute atomic E-state index is 14.9. The van der Waals surface area contributed by atoms with E-state index in [-0.39, 0.29) is 31.3 Å². The predicted molar refractivity (Wildman–Crippen MR) is 224 cm³/mol. The van der Waals surface area contributed by atoms with E-state index in [1.165, 1.54) is 3.97 Å². The monoisotopic (exact) mass is 793 g/mol. The van der Waals surface area contributed by atoms with E-state index < -0.39 is 40.5 Å². The molecular weight excluding hydrogens is 747 g/mol. The number of hydrogen-bond donors (Lipinski definition) is 0. The topological polar surface area (TPSA) is 85.2 Å². The highest BCUT2D eigenvalue weighted by atomic mass is 32.2. The van der Waals surface area contributed by atoms with Gasteiger partial charge < -0.3 is 23.7 Å². The minimum Gasteiger partial charge on any atom is -0.374 e. The number of aryl methyl sites for hydroxylation is 1. The molecule has 1 fully saturated rings. The summed E-state index contributed by atoms with van der Waals surface area (Å²) in [5, 5.41) is 0.750. The van der Waals surface area contributed by atoms with Crippen molar-refractivity contribution in [2.45, 2.75) is 68.8 Å². The Labute approximate surface area is 340 Å². The van der Waals surface area contributed by atoms with E-state index >= 15 is 0 Å². The Morgan fingerprint density at radius 2 is 1.00 bits per heavy atom. The fourth-order valence-corrected chi connectivity index (χ4v) is 9.01. The van der Waals surface area contributed by atoms with Crippen molar-refractivity contribution in [1.29, 1.82) is 0 Å². The lowest BCUT2D eigenvalue weighted by Crippen LogP contribution is -2.58. The smallest absolute Gasteiger partial charge is 0.268 e. The molecule has 0 amide bonds. The minimum absolute atomic E-state index is 0.145. The van der Waals surface area contributed by atoms with Crippen LogP contribution in [0.5, 0.6) is 0 Å². The lowest BCUT2D eigenvalue weighted by molar-refractivity contribution is -0.275. The molecule has 58 heavy (non-hydrogen) atoms. The SMILES string of the molecule is Cc1ccc(S(=O)(=O)n2c([C@H]3O[C@H](COCc4ccccc4)[C@@H](OCc4ccccc4)[C@H](OCc4ccccc4)[C@H]3OCc3ccccc3)cc3ccccc32)cc1. The number of para-hydroxylation sites is 1. The van der Waals surface area contributed by atoms with Gasteiger partial charge in [0, 0.05) is 5.39 Å². The maximum atomic E-state index is 14.9. The van der Waals surface area contributed by atoms with Crippen molar-refractivity contribution in [2.75, 3.05) is 6.61 Å². The van der Waals surface area contributed by atoms with Gasteiger partial charge in [-0.15, -0.1) is 0 Å². The van der Waals surface area contributed by atoms with E-state index in [9.17, 15) is 8.42 Å². The van der Waals surface area contributed by atoms with E-state index in [1.807, 2.05) is 171 Å². The normalized spacial score (nSPS) is 19.6. The van der Waals surface area contributed by atoms with E-state index in [2.05, 4.69) is 0 Å². The highest BCUT2D eigenvalue weighted by Crippen LogP contribution is 2.41. The molecule has 1 aliphatic rings. The molecule has 0 radical (unpaired) electrons. The average Bonchev–Trinajstić information content (AvgIpc) is 3.67. The summed E-state index contributed by atoms with van der Waals surface area (Å²) >= 11 is 0. The van der Waals surface area contributed by atoms with Gasteiger partial charge in [-0.3, -0.25) is 0 Å². The Morgan fingerprint density at radius 1 is 0.534 bits per heavy atom. The summed E-state index contributed by atoms with van der Waals surface area (Å²) in [5.41, 5.74) is 5.84. The van der Waals surface area contributed by atoms with Gasteiger partial charge in [-0.05, 0) is 53.4 Å². The standard InChI is InChI=1S/C49H47NO7S/c1-36-26-28-42(29-27-36)58(51,52)50-43-25-15-14-24-41(43)30-44(50)46-48(55-33-39-20-10-4-11-21-39)49(56-34-40-22-12-5-13-23-40)47(54-32-38-18-8-3-9-19-38)45(57-46)35-53-31-37-16-6-2-7-17-37/h2-30,45-49H,31-35H2,1H3/t45-,46-,47-,48+,49+/m1/s1. The molecule has 0 aliphatic carbocycles. The fraction of sp³-hybridized carbons (Fsp3) is 0.224. The van der Waals surface area contributed by atoms with Crippen molar-refractivity contribution in [3.8, 4) is 0 Å². The third-order valence-corrected chi connectivity index (χ3v) is 12.2. The Kier molecular flexibility index (Phi) is 12.6. The zero-order valence-corrected chi connectivity index (χ0v) is 33.2. The highest BCUT2D eigenvalue weighted by Gasteiger charge is 2.50. The van der Waals surface area contributed by atoms with Crippen LogP contribution in [0.2, 0.25) is 0 Å².